The van der Waals surface area contributed by atoms with Gasteiger partial charge in [-0.25, -0.2) is 0 Å². The lowest BCUT2D eigenvalue weighted by Gasteiger charge is -2.28. The molecular weight excluding hydrogens is 172 g/mol. The van der Waals surface area contributed by atoms with Crippen molar-refractivity contribution in [3.8, 4) is 0 Å². The third-order valence-corrected chi connectivity index (χ3v) is 2.87. The number of hydrogen-bond acceptors (Lipinski definition) is 2. The van der Waals surface area contributed by atoms with E-state index in [1.54, 1.807) is 0 Å². The maximum atomic E-state index is 5.97. The third-order valence-electron chi connectivity index (χ3n) is 2.87. The fourth-order valence-corrected chi connectivity index (χ4v) is 1.66. The van der Waals surface area contributed by atoms with Crippen LogP contribution in [0.15, 0.2) is 18.2 Å². The number of benzene rings is 1. The van der Waals surface area contributed by atoms with Crippen molar-refractivity contribution in [2.75, 3.05) is 17.7 Å². The van der Waals surface area contributed by atoms with E-state index in [-0.39, 0.29) is 0 Å². The van der Waals surface area contributed by atoms with Crippen molar-refractivity contribution >= 4 is 11.4 Å². The largest absolute Gasteiger partial charge is 0.397 e. The van der Waals surface area contributed by atoms with Crippen molar-refractivity contribution in [1.29, 1.82) is 0 Å². The highest BCUT2D eigenvalue weighted by atomic mass is 15.1. The number of hydrogen-bond donors (Lipinski definition) is 1. The molecule has 0 amide bonds. The molecule has 1 rings (SSSR count). The van der Waals surface area contributed by atoms with Gasteiger partial charge in [0.1, 0.15) is 0 Å². The fourth-order valence-electron chi connectivity index (χ4n) is 1.66. The van der Waals surface area contributed by atoms with Gasteiger partial charge >= 0.3 is 0 Å². The van der Waals surface area contributed by atoms with Gasteiger partial charge < -0.3 is 10.6 Å². The Morgan fingerprint density at radius 1 is 1.43 bits per heavy atom. The number of rotatable bonds is 3. The lowest BCUT2D eigenvalue weighted by atomic mass is 10.1. The minimum atomic E-state index is 0.526. The summed E-state index contributed by atoms with van der Waals surface area (Å²) in [7, 11) is 2.10. The first-order chi connectivity index (χ1) is 6.57. The molecule has 1 aromatic carbocycles. The normalized spacial score (nSPS) is 12.6. The van der Waals surface area contributed by atoms with Gasteiger partial charge in [-0.15, -0.1) is 0 Å². The van der Waals surface area contributed by atoms with E-state index in [1.165, 1.54) is 11.3 Å². The van der Waals surface area contributed by atoms with Crippen LogP contribution in [-0.4, -0.2) is 13.1 Å². The average Bonchev–Trinajstić information content (AvgIpc) is 2.16. The molecule has 0 saturated carbocycles. The SMILES string of the molecule is CCC(C)N(C)c1c(C)cccc1N. The van der Waals surface area contributed by atoms with Crippen LogP contribution in [-0.2, 0) is 0 Å². The Labute approximate surface area is 86.7 Å². The van der Waals surface area contributed by atoms with Gasteiger partial charge in [0, 0.05) is 13.1 Å². The highest BCUT2D eigenvalue weighted by Crippen LogP contribution is 2.28. The van der Waals surface area contributed by atoms with Gasteiger partial charge in [0.05, 0.1) is 11.4 Å². The van der Waals surface area contributed by atoms with Crippen LogP contribution in [0.3, 0.4) is 0 Å². The summed E-state index contributed by atoms with van der Waals surface area (Å²) in [6, 6.07) is 6.59. The minimum absolute atomic E-state index is 0.526. The molecule has 78 valence electrons. The first-order valence-corrected chi connectivity index (χ1v) is 5.15. The first kappa shape index (κ1) is 10.9. The lowest BCUT2D eigenvalue weighted by Crippen LogP contribution is -2.29. The van der Waals surface area contributed by atoms with Crippen LogP contribution in [0.4, 0.5) is 11.4 Å². The van der Waals surface area contributed by atoms with Gasteiger partial charge in [0.25, 0.3) is 0 Å². The van der Waals surface area contributed by atoms with Gasteiger partial charge in [-0.1, -0.05) is 19.1 Å². The maximum Gasteiger partial charge on any atom is 0.0629 e. The average molecular weight is 192 g/mol. The van der Waals surface area contributed by atoms with Crippen molar-refractivity contribution in [3.63, 3.8) is 0 Å². The zero-order valence-corrected chi connectivity index (χ0v) is 9.54. The van der Waals surface area contributed by atoms with E-state index in [2.05, 4.69) is 38.8 Å². The molecule has 0 fully saturated rings. The highest BCUT2D eigenvalue weighted by Gasteiger charge is 2.12. The molecule has 1 atom stereocenters. The van der Waals surface area contributed by atoms with Gasteiger partial charge in [-0.3, -0.25) is 0 Å². The fraction of sp³-hybridized carbons (Fsp3) is 0.500. The van der Waals surface area contributed by atoms with E-state index in [0.29, 0.717) is 6.04 Å². The predicted molar refractivity (Wildman–Crippen MR) is 63.7 cm³/mol. The summed E-state index contributed by atoms with van der Waals surface area (Å²) in [6.45, 7) is 6.51. The van der Waals surface area contributed by atoms with E-state index in [1.807, 2.05) is 12.1 Å². The van der Waals surface area contributed by atoms with Gasteiger partial charge in [0.2, 0.25) is 0 Å². The van der Waals surface area contributed by atoms with Crippen molar-refractivity contribution in [2.45, 2.75) is 33.2 Å². The molecule has 0 aliphatic heterocycles. The molecule has 0 aliphatic carbocycles. The monoisotopic (exact) mass is 192 g/mol. The van der Waals surface area contributed by atoms with Crippen molar-refractivity contribution in [1.82, 2.24) is 0 Å². The topological polar surface area (TPSA) is 29.3 Å². The summed E-state index contributed by atoms with van der Waals surface area (Å²) in [4.78, 5) is 2.25. The van der Waals surface area contributed by atoms with Gasteiger partial charge in [0.15, 0.2) is 0 Å². The molecule has 2 heteroatoms. The smallest absolute Gasteiger partial charge is 0.0629 e. The van der Waals surface area contributed by atoms with E-state index in [0.717, 1.165) is 12.1 Å². The second-order valence-corrected chi connectivity index (χ2v) is 3.88. The third kappa shape index (κ3) is 2.00. The Balaban J connectivity index is 3.05. The molecule has 0 spiro atoms. The molecule has 0 aliphatic rings. The van der Waals surface area contributed by atoms with E-state index >= 15 is 0 Å². The zero-order valence-electron chi connectivity index (χ0n) is 9.54. The Bertz CT molecular complexity index is 287. The van der Waals surface area contributed by atoms with E-state index in [9.17, 15) is 0 Å². The number of para-hydroxylation sites is 1. The molecule has 0 bridgehead atoms. The summed E-state index contributed by atoms with van der Waals surface area (Å²) in [6.07, 6.45) is 1.13. The van der Waals surface area contributed by atoms with Crippen LogP contribution >= 0.6 is 0 Å². The van der Waals surface area contributed by atoms with E-state index < -0.39 is 0 Å². The number of nitrogens with two attached hydrogens (primary N) is 1. The molecule has 0 saturated heterocycles. The number of nitrogens with zero attached hydrogens (tertiary/aromatic N) is 1. The summed E-state index contributed by atoms with van der Waals surface area (Å²) in [5.41, 5.74) is 9.25. The Hall–Kier alpha value is -1.18. The van der Waals surface area contributed by atoms with Crippen molar-refractivity contribution in [3.05, 3.63) is 23.8 Å². The van der Waals surface area contributed by atoms with Crippen LogP contribution in [0.25, 0.3) is 0 Å². The predicted octanol–water partition coefficient (Wildman–Crippen LogP) is 2.81. The molecule has 1 aromatic rings. The van der Waals surface area contributed by atoms with E-state index in [4.69, 9.17) is 5.73 Å². The van der Waals surface area contributed by atoms with Crippen molar-refractivity contribution < 1.29 is 0 Å². The molecule has 0 aromatic heterocycles. The summed E-state index contributed by atoms with van der Waals surface area (Å²) in [5.74, 6) is 0. The van der Waals surface area contributed by atoms with Crippen LogP contribution < -0.4 is 10.6 Å². The quantitative estimate of drug-likeness (QED) is 0.746. The second-order valence-electron chi connectivity index (χ2n) is 3.88. The molecule has 14 heavy (non-hydrogen) atoms. The van der Waals surface area contributed by atoms with Crippen molar-refractivity contribution in [2.24, 2.45) is 0 Å². The Kier molecular flexibility index (Phi) is 3.39. The molecule has 0 heterocycles. The zero-order chi connectivity index (χ0) is 10.7. The minimum Gasteiger partial charge on any atom is -0.397 e. The Morgan fingerprint density at radius 3 is 2.57 bits per heavy atom. The second kappa shape index (κ2) is 4.36. The van der Waals surface area contributed by atoms with Crippen LogP contribution in [0.1, 0.15) is 25.8 Å². The van der Waals surface area contributed by atoms with Gasteiger partial charge in [-0.05, 0) is 31.9 Å². The van der Waals surface area contributed by atoms with Crippen LogP contribution in [0, 0.1) is 6.92 Å². The molecule has 0 radical (unpaired) electrons. The molecule has 2 nitrogen and oxygen atoms in total. The molecule has 1 unspecified atom stereocenters. The molecule has 2 N–H and O–H groups in total. The number of nitrogen functional groups attached to an aromatic ring is 1. The first-order valence-electron chi connectivity index (χ1n) is 5.15. The number of aryl methyl sites for hydroxylation is 1. The summed E-state index contributed by atoms with van der Waals surface area (Å²) in [5, 5.41) is 0. The molecular formula is C12H20N2. The van der Waals surface area contributed by atoms with Crippen LogP contribution in [0.2, 0.25) is 0 Å². The lowest BCUT2D eigenvalue weighted by molar-refractivity contribution is 0.663. The highest BCUT2D eigenvalue weighted by molar-refractivity contribution is 5.71. The maximum absolute atomic E-state index is 5.97. The Morgan fingerprint density at radius 2 is 2.07 bits per heavy atom. The summed E-state index contributed by atoms with van der Waals surface area (Å²) < 4.78 is 0. The number of anilines is 2. The van der Waals surface area contributed by atoms with Gasteiger partial charge in [-0.2, -0.15) is 0 Å². The van der Waals surface area contributed by atoms with Crippen LogP contribution in [0.5, 0.6) is 0 Å². The summed E-state index contributed by atoms with van der Waals surface area (Å²) >= 11 is 0. The standard InChI is InChI=1S/C12H20N2/c1-5-10(3)14(4)12-9(2)7-6-8-11(12)13/h6-8,10H,5,13H2,1-4H3.